The third-order valence-corrected chi connectivity index (χ3v) is 6.01. The fourth-order valence-corrected chi connectivity index (χ4v) is 4.13. The van der Waals surface area contributed by atoms with Crippen LogP contribution in [0, 0.1) is 0 Å². The van der Waals surface area contributed by atoms with Crippen molar-refractivity contribution in [3.63, 3.8) is 0 Å². The number of carbonyl (C=O) groups is 1. The molecule has 150 valence electrons. The minimum atomic E-state index is -0.493. The summed E-state index contributed by atoms with van der Waals surface area (Å²) in [5, 5.41) is 3.20. The molecule has 0 heterocycles. The third kappa shape index (κ3) is 5.14. The van der Waals surface area contributed by atoms with Gasteiger partial charge in [0.2, 0.25) is 0 Å². The van der Waals surface area contributed by atoms with Crippen LogP contribution in [-0.4, -0.2) is 42.6 Å². The zero-order valence-electron chi connectivity index (χ0n) is 17.2. The van der Waals surface area contributed by atoms with Crippen LogP contribution in [0.5, 0.6) is 5.75 Å². The molecule has 1 aliphatic carbocycles. The lowest BCUT2D eigenvalue weighted by atomic mass is 9.75. The van der Waals surface area contributed by atoms with Gasteiger partial charge in [0.15, 0.2) is 6.10 Å². The molecule has 0 spiro atoms. The van der Waals surface area contributed by atoms with Gasteiger partial charge in [-0.15, -0.1) is 0 Å². The zero-order chi connectivity index (χ0) is 20.0. The predicted molar refractivity (Wildman–Crippen MR) is 113 cm³/mol. The van der Waals surface area contributed by atoms with Crippen LogP contribution >= 0.6 is 0 Å². The molecule has 2 aromatic carbocycles. The second-order valence-corrected chi connectivity index (χ2v) is 8.14. The van der Waals surface area contributed by atoms with Gasteiger partial charge in [-0.2, -0.15) is 0 Å². The Labute approximate surface area is 168 Å². The number of carbonyl (C=O) groups excluding carboxylic acids is 1. The van der Waals surface area contributed by atoms with Gasteiger partial charge >= 0.3 is 0 Å². The Kier molecular flexibility index (Phi) is 6.74. The molecule has 1 fully saturated rings. The van der Waals surface area contributed by atoms with Crippen molar-refractivity contribution in [3.8, 4) is 5.75 Å². The van der Waals surface area contributed by atoms with E-state index in [1.165, 1.54) is 5.56 Å². The Bertz CT molecular complexity index is 738. The molecule has 4 nitrogen and oxygen atoms in total. The number of nitrogens with one attached hydrogen (secondary N) is 1. The van der Waals surface area contributed by atoms with Crippen molar-refractivity contribution in [2.45, 2.75) is 56.7 Å². The van der Waals surface area contributed by atoms with Gasteiger partial charge in [0.05, 0.1) is 0 Å². The van der Waals surface area contributed by atoms with Gasteiger partial charge in [0.1, 0.15) is 5.75 Å². The highest BCUT2D eigenvalue weighted by Gasteiger charge is 2.37. The molecular formula is C24H32N2O2. The van der Waals surface area contributed by atoms with Gasteiger partial charge in [0.25, 0.3) is 5.91 Å². The molecule has 0 saturated heterocycles. The number of para-hydroxylation sites is 1. The number of amides is 1. The highest BCUT2D eigenvalue weighted by atomic mass is 16.5. The van der Waals surface area contributed by atoms with E-state index in [9.17, 15) is 4.79 Å². The largest absolute Gasteiger partial charge is 0.481 e. The lowest BCUT2D eigenvalue weighted by Gasteiger charge is -2.45. The molecule has 28 heavy (non-hydrogen) atoms. The third-order valence-electron chi connectivity index (χ3n) is 6.01. The van der Waals surface area contributed by atoms with Gasteiger partial charge < -0.3 is 15.0 Å². The fourth-order valence-electron chi connectivity index (χ4n) is 4.13. The highest BCUT2D eigenvalue weighted by molar-refractivity contribution is 5.81. The summed E-state index contributed by atoms with van der Waals surface area (Å²) in [6.45, 7) is 1.81. The summed E-state index contributed by atoms with van der Waals surface area (Å²) in [4.78, 5) is 14.9. The first kappa shape index (κ1) is 20.4. The van der Waals surface area contributed by atoms with E-state index in [4.69, 9.17) is 4.74 Å². The molecule has 1 unspecified atom stereocenters. The standard InChI is InChI=1S/C24H32N2O2/c1-19(28-22-12-8-5-9-13-22)23(27)25-21-14-16-24(17-15-21,26(2)3)18-20-10-6-4-7-11-20/h4-13,19,21H,14-18H2,1-3H3,(H,25,27). The number of hydrogen-bond donors (Lipinski definition) is 1. The number of nitrogens with zero attached hydrogens (tertiary/aromatic N) is 1. The Balaban J connectivity index is 1.54. The minimum absolute atomic E-state index is 0.0331. The molecule has 3 rings (SSSR count). The van der Waals surface area contributed by atoms with E-state index < -0.39 is 6.10 Å². The molecule has 1 saturated carbocycles. The molecule has 1 aliphatic rings. The number of hydrogen-bond acceptors (Lipinski definition) is 3. The summed E-state index contributed by atoms with van der Waals surface area (Å²) in [5.74, 6) is 0.692. The summed E-state index contributed by atoms with van der Waals surface area (Å²) in [7, 11) is 4.36. The second kappa shape index (κ2) is 9.24. The molecule has 4 heteroatoms. The summed E-state index contributed by atoms with van der Waals surface area (Å²) in [6.07, 6.45) is 4.70. The summed E-state index contributed by atoms with van der Waals surface area (Å²) in [6, 6.07) is 20.4. The van der Waals surface area contributed by atoms with Crippen LogP contribution in [0.1, 0.15) is 38.2 Å². The Morgan fingerprint density at radius 3 is 2.21 bits per heavy atom. The first-order chi connectivity index (χ1) is 13.5. The second-order valence-electron chi connectivity index (χ2n) is 8.14. The molecule has 1 atom stereocenters. The quantitative estimate of drug-likeness (QED) is 0.788. The molecule has 0 bridgehead atoms. The topological polar surface area (TPSA) is 41.6 Å². The van der Waals surface area contributed by atoms with Gasteiger partial charge in [0, 0.05) is 11.6 Å². The van der Waals surface area contributed by atoms with Crippen molar-refractivity contribution in [3.05, 3.63) is 66.2 Å². The van der Waals surface area contributed by atoms with Gasteiger partial charge in [-0.05, 0) is 70.8 Å². The summed E-state index contributed by atoms with van der Waals surface area (Å²) >= 11 is 0. The normalized spacial score (nSPS) is 23.2. The van der Waals surface area contributed by atoms with E-state index in [2.05, 4.69) is 54.6 Å². The average molecular weight is 381 g/mol. The first-order valence-electron chi connectivity index (χ1n) is 10.2. The van der Waals surface area contributed by atoms with E-state index in [1.54, 1.807) is 0 Å². The van der Waals surface area contributed by atoms with E-state index in [0.29, 0.717) is 0 Å². The molecular weight excluding hydrogens is 348 g/mol. The smallest absolute Gasteiger partial charge is 0.260 e. The Morgan fingerprint density at radius 1 is 1.07 bits per heavy atom. The highest BCUT2D eigenvalue weighted by Crippen LogP contribution is 2.35. The maximum Gasteiger partial charge on any atom is 0.260 e. The van der Waals surface area contributed by atoms with Crippen LogP contribution < -0.4 is 10.1 Å². The van der Waals surface area contributed by atoms with Gasteiger partial charge in [-0.25, -0.2) is 0 Å². The first-order valence-corrected chi connectivity index (χ1v) is 10.2. The minimum Gasteiger partial charge on any atom is -0.481 e. The zero-order valence-corrected chi connectivity index (χ0v) is 17.2. The molecule has 2 aromatic rings. The predicted octanol–water partition coefficient (Wildman–Crippen LogP) is 4.06. The Hall–Kier alpha value is -2.33. The van der Waals surface area contributed by atoms with Crippen molar-refractivity contribution >= 4 is 5.91 Å². The molecule has 1 N–H and O–H groups in total. The molecule has 0 aliphatic heterocycles. The van der Waals surface area contributed by atoms with Crippen molar-refractivity contribution in [1.82, 2.24) is 10.2 Å². The van der Waals surface area contributed by atoms with Crippen molar-refractivity contribution in [2.24, 2.45) is 0 Å². The lowest BCUT2D eigenvalue weighted by Crippen LogP contribution is -2.53. The van der Waals surface area contributed by atoms with E-state index in [1.807, 2.05) is 37.3 Å². The van der Waals surface area contributed by atoms with E-state index in [-0.39, 0.29) is 17.5 Å². The number of benzene rings is 2. The van der Waals surface area contributed by atoms with Crippen LogP contribution in [0.3, 0.4) is 0 Å². The average Bonchev–Trinajstić information content (AvgIpc) is 2.71. The van der Waals surface area contributed by atoms with Crippen LogP contribution in [0.4, 0.5) is 0 Å². The maximum atomic E-state index is 12.6. The van der Waals surface area contributed by atoms with Crippen molar-refractivity contribution in [2.75, 3.05) is 14.1 Å². The van der Waals surface area contributed by atoms with Gasteiger partial charge in [-0.1, -0.05) is 48.5 Å². The molecule has 0 aromatic heterocycles. The van der Waals surface area contributed by atoms with Crippen LogP contribution in [0.25, 0.3) is 0 Å². The van der Waals surface area contributed by atoms with E-state index >= 15 is 0 Å². The molecule has 1 amide bonds. The van der Waals surface area contributed by atoms with Crippen molar-refractivity contribution < 1.29 is 9.53 Å². The Morgan fingerprint density at radius 2 is 1.64 bits per heavy atom. The number of ether oxygens (including phenoxy) is 1. The number of rotatable bonds is 7. The maximum absolute atomic E-state index is 12.6. The summed E-state index contributed by atoms with van der Waals surface area (Å²) in [5.41, 5.74) is 1.54. The monoisotopic (exact) mass is 380 g/mol. The summed E-state index contributed by atoms with van der Waals surface area (Å²) < 4.78 is 5.76. The van der Waals surface area contributed by atoms with Crippen molar-refractivity contribution in [1.29, 1.82) is 0 Å². The van der Waals surface area contributed by atoms with Gasteiger partial charge in [-0.3, -0.25) is 4.79 Å². The van der Waals surface area contributed by atoms with Crippen LogP contribution in [-0.2, 0) is 11.2 Å². The van der Waals surface area contributed by atoms with Crippen LogP contribution in [0.2, 0.25) is 0 Å². The van der Waals surface area contributed by atoms with Crippen LogP contribution in [0.15, 0.2) is 60.7 Å². The molecule has 0 radical (unpaired) electrons. The SMILES string of the molecule is CC(Oc1ccccc1)C(=O)NC1CCC(Cc2ccccc2)(N(C)C)CC1. The fraction of sp³-hybridized carbons (Fsp3) is 0.458. The lowest BCUT2D eigenvalue weighted by molar-refractivity contribution is -0.128. The number of likely N-dealkylation sites (N-methyl/N-ethyl adjacent to an activating group) is 1. The van der Waals surface area contributed by atoms with E-state index in [0.717, 1.165) is 37.9 Å².